The molecule has 8 nitrogen and oxygen atoms in total. The van der Waals surface area contributed by atoms with Gasteiger partial charge in [0.05, 0.1) is 10.9 Å². The van der Waals surface area contributed by atoms with Crippen molar-refractivity contribution >= 4 is 10.0 Å². The molecule has 1 aromatic carbocycles. The lowest BCUT2D eigenvalue weighted by Gasteiger charge is -2.10. The fourth-order valence-electron chi connectivity index (χ4n) is 2.15. The van der Waals surface area contributed by atoms with E-state index in [9.17, 15) is 13.2 Å². The van der Waals surface area contributed by atoms with Crippen LogP contribution < -0.4 is 10.3 Å². The number of pyridine rings is 1. The van der Waals surface area contributed by atoms with Crippen LogP contribution in [-0.2, 0) is 10.0 Å². The van der Waals surface area contributed by atoms with E-state index in [1.807, 2.05) is 6.92 Å². The molecule has 1 atom stereocenters. The quantitative estimate of drug-likeness (QED) is 0.716. The fourth-order valence-corrected chi connectivity index (χ4v) is 3.34. The number of nitrogens with one attached hydrogen (secondary N) is 2. The van der Waals surface area contributed by atoms with Crippen LogP contribution >= 0.6 is 0 Å². The fraction of sp³-hybridized carbons (Fsp3) is 0.188. The normalized spacial score (nSPS) is 12.9. The third-order valence-corrected chi connectivity index (χ3v) is 5.07. The summed E-state index contributed by atoms with van der Waals surface area (Å²) in [5.41, 5.74) is 1.28. The summed E-state index contributed by atoms with van der Waals surface area (Å²) >= 11 is 0. The zero-order valence-electron chi connectivity index (χ0n) is 13.6. The van der Waals surface area contributed by atoms with Gasteiger partial charge in [0, 0.05) is 17.8 Å². The average molecular weight is 360 g/mol. The van der Waals surface area contributed by atoms with Gasteiger partial charge in [0.2, 0.25) is 27.3 Å². The van der Waals surface area contributed by atoms with Crippen molar-refractivity contribution in [1.82, 2.24) is 19.8 Å². The minimum Gasteiger partial charge on any atom is -0.337 e. The highest BCUT2D eigenvalue weighted by Gasteiger charge is 2.22. The number of hydrogen-bond acceptors (Lipinski definition) is 6. The van der Waals surface area contributed by atoms with Crippen LogP contribution in [0.5, 0.6) is 0 Å². The SMILES string of the molecule is Cc1ccc(S(=O)(=O)N[C@H](C)c2nc(-c3ccc(=O)[nH]c3)no2)cc1. The summed E-state index contributed by atoms with van der Waals surface area (Å²) in [4.78, 5) is 17.9. The van der Waals surface area contributed by atoms with E-state index in [0.29, 0.717) is 5.56 Å². The molecule has 25 heavy (non-hydrogen) atoms. The molecule has 0 aliphatic rings. The van der Waals surface area contributed by atoms with Crippen LogP contribution in [-0.4, -0.2) is 23.5 Å². The molecule has 0 unspecified atom stereocenters. The summed E-state index contributed by atoms with van der Waals surface area (Å²) in [5.74, 6) is 0.379. The third kappa shape index (κ3) is 3.83. The number of benzene rings is 1. The van der Waals surface area contributed by atoms with Crippen molar-refractivity contribution in [2.24, 2.45) is 0 Å². The van der Waals surface area contributed by atoms with E-state index >= 15 is 0 Å². The summed E-state index contributed by atoms with van der Waals surface area (Å²) in [6, 6.07) is 8.69. The Morgan fingerprint density at radius 2 is 1.88 bits per heavy atom. The highest BCUT2D eigenvalue weighted by Crippen LogP contribution is 2.19. The van der Waals surface area contributed by atoms with Gasteiger partial charge in [-0.15, -0.1) is 0 Å². The second-order valence-electron chi connectivity index (χ2n) is 5.55. The van der Waals surface area contributed by atoms with E-state index in [1.54, 1.807) is 25.1 Å². The molecular weight excluding hydrogens is 344 g/mol. The molecule has 2 heterocycles. The van der Waals surface area contributed by atoms with Crippen LogP contribution in [0.4, 0.5) is 0 Å². The largest absolute Gasteiger partial charge is 0.337 e. The Balaban J connectivity index is 1.79. The number of aryl methyl sites for hydroxylation is 1. The first-order valence-corrected chi connectivity index (χ1v) is 8.95. The minimum absolute atomic E-state index is 0.122. The lowest BCUT2D eigenvalue weighted by atomic mass is 10.2. The number of rotatable bonds is 5. The molecule has 0 fully saturated rings. The Morgan fingerprint density at radius 1 is 1.16 bits per heavy atom. The Bertz CT molecular complexity index is 1020. The van der Waals surface area contributed by atoms with E-state index in [0.717, 1.165) is 5.56 Å². The van der Waals surface area contributed by atoms with E-state index in [4.69, 9.17) is 4.52 Å². The van der Waals surface area contributed by atoms with Crippen molar-refractivity contribution in [3.05, 3.63) is 64.4 Å². The molecule has 0 radical (unpaired) electrons. The van der Waals surface area contributed by atoms with Gasteiger partial charge in [-0.1, -0.05) is 22.9 Å². The topological polar surface area (TPSA) is 118 Å². The van der Waals surface area contributed by atoms with Crippen molar-refractivity contribution < 1.29 is 12.9 Å². The van der Waals surface area contributed by atoms with Crippen LogP contribution in [0.2, 0.25) is 0 Å². The van der Waals surface area contributed by atoms with Crippen LogP contribution in [0.15, 0.2) is 56.8 Å². The molecule has 0 amide bonds. The molecule has 0 aliphatic carbocycles. The Kier molecular flexibility index (Phi) is 4.51. The standard InChI is InChI=1S/C16H16N4O4S/c1-10-3-6-13(7-4-10)25(22,23)20-11(2)16-18-15(19-24-16)12-5-8-14(21)17-9-12/h3-9,11,20H,1-2H3,(H,17,21)/t11-/m1/s1. The van der Waals surface area contributed by atoms with Crippen LogP contribution in [0.25, 0.3) is 11.4 Å². The van der Waals surface area contributed by atoms with Gasteiger partial charge in [-0.3, -0.25) is 4.79 Å². The molecule has 2 N–H and O–H groups in total. The summed E-state index contributed by atoms with van der Waals surface area (Å²) < 4.78 is 32.4. The van der Waals surface area contributed by atoms with Gasteiger partial charge in [-0.05, 0) is 32.0 Å². The molecule has 0 saturated heterocycles. The maximum Gasteiger partial charge on any atom is 0.247 e. The second kappa shape index (κ2) is 6.61. The predicted molar refractivity (Wildman–Crippen MR) is 90.3 cm³/mol. The highest BCUT2D eigenvalue weighted by molar-refractivity contribution is 7.89. The molecule has 2 aromatic heterocycles. The molecule has 0 spiro atoms. The summed E-state index contributed by atoms with van der Waals surface area (Å²) in [6.45, 7) is 3.49. The van der Waals surface area contributed by atoms with Gasteiger partial charge in [-0.25, -0.2) is 8.42 Å². The number of nitrogens with zero attached hydrogens (tertiary/aromatic N) is 2. The smallest absolute Gasteiger partial charge is 0.247 e. The first kappa shape index (κ1) is 17.1. The molecule has 0 bridgehead atoms. The van der Waals surface area contributed by atoms with Gasteiger partial charge >= 0.3 is 0 Å². The first-order valence-electron chi connectivity index (χ1n) is 7.47. The lowest BCUT2D eigenvalue weighted by molar-refractivity contribution is 0.354. The molecule has 9 heteroatoms. The number of hydrogen-bond donors (Lipinski definition) is 2. The zero-order valence-corrected chi connectivity index (χ0v) is 14.4. The number of H-pyrrole nitrogens is 1. The van der Waals surface area contributed by atoms with Gasteiger partial charge < -0.3 is 9.51 Å². The number of aromatic amines is 1. The molecular formula is C16H16N4O4S. The summed E-state index contributed by atoms with van der Waals surface area (Å²) in [5, 5.41) is 3.81. The van der Waals surface area contributed by atoms with E-state index in [2.05, 4.69) is 19.8 Å². The first-order chi connectivity index (χ1) is 11.8. The Morgan fingerprint density at radius 3 is 2.52 bits per heavy atom. The van der Waals surface area contributed by atoms with Gasteiger partial charge in [0.15, 0.2) is 0 Å². The van der Waals surface area contributed by atoms with Gasteiger partial charge in [0.1, 0.15) is 0 Å². The second-order valence-corrected chi connectivity index (χ2v) is 7.27. The van der Waals surface area contributed by atoms with E-state index < -0.39 is 16.1 Å². The Labute approximate surface area is 144 Å². The van der Waals surface area contributed by atoms with Gasteiger partial charge in [0.25, 0.3) is 0 Å². The van der Waals surface area contributed by atoms with Crippen molar-refractivity contribution in [3.63, 3.8) is 0 Å². The third-order valence-electron chi connectivity index (χ3n) is 3.52. The maximum absolute atomic E-state index is 12.4. The van der Waals surface area contributed by atoms with Gasteiger partial charge in [-0.2, -0.15) is 9.71 Å². The van der Waals surface area contributed by atoms with Crippen molar-refractivity contribution in [2.75, 3.05) is 0 Å². The van der Waals surface area contributed by atoms with Crippen molar-refractivity contribution in [3.8, 4) is 11.4 Å². The Hall–Kier alpha value is -2.78. The molecule has 0 aliphatic heterocycles. The minimum atomic E-state index is -3.71. The monoisotopic (exact) mass is 360 g/mol. The number of aromatic nitrogens is 3. The maximum atomic E-state index is 12.4. The van der Waals surface area contributed by atoms with Crippen LogP contribution in [0.3, 0.4) is 0 Å². The molecule has 3 rings (SSSR count). The molecule has 3 aromatic rings. The summed E-state index contributed by atoms with van der Waals surface area (Å²) in [6.07, 6.45) is 1.46. The highest BCUT2D eigenvalue weighted by atomic mass is 32.2. The summed E-state index contributed by atoms with van der Waals surface area (Å²) in [7, 11) is -3.71. The zero-order chi connectivity index (χ0) is 18.0. The van der Waals surface area contributed by atoms with Crippen molar-refractivity contribution in [1.29, 1.82) is 0 Å². The molecule has 0 saturated carbocycles. The molecule has 130 valence electrons. The average Bonchev–Trinajstić information content (AvgIpc) is 3.06. The van der Waals surface area contributed by atoms with E-state index in [-0.39, 0.29) is 22.2 Å². The predicted octanol–water partition coefficient (Wildman–Crippen LogP) is 1.77. The van der Waals surface area contributed by atoms with E-state index in [1.165, 1.54) is 24.4 Å². The number of sulfonamides is 1. The van der Waals surface area contributed by atoms with Crippen LogP contribution in [0, 0.1) is 6.92 Å². The van der Waals surface area contributed by atoms with Crippen molar-refractivity contribution in [2.45, 2.75) is 24.8 Å². The van der Waals surface area contributed by atoms with Crippen LogP contribution in [0.1, 0.15) is 24.4 Å². The lowest BCUT2D eigenvalue weighted by Crippen LogP contribution is -2.27.